The largest absolute Gasteiger partial charge is 0.383 e. The molecule has 0 unspecified atom stereocenters. The van der Waals surface area contributed by atoms with Crippen LogP contribution < -0.4 is 4.90 Å². The van der Waals surface area contributed by atoms with Gasteiger partial charge in [0.05, 0.1) is 51.3 Å². The van der Waals surface area contributed by atoms with Crippen molar-refractivity contribution in [2.45, 2.75) is 26.3 Å². The molecule has 0 saturated carbocycles. The summed E-state index contributed by atoms with van der Waals surface area (Å²) in [6.45, 7) is 10.0. The number of methoxy groups -OCH3 is 1. The summed E-state index contributed by atoms with van der Waals surface area (Å²) in [5, 5.41) is 0. The van der Waals surface area contributed by atoms with Gasteiger partial charge in [-0.2, -0.15) is 0 Å². The number of hydrogen-bond acceptors (Lipinski definition) is 3. The van der Waals surface area contributed by atoms with E-state index in [4.69, 9.17) is 4.74 Å². The van der Waals surface area contributed by atoms with E-state index in [0.717, 1.165) is 32.7 Å². The number of piperazine rings is 1. The standard InChI is InChI=1S/C15H27N3O3/c1-4-16-5-7-17(8-6-16)15(20)13-9-14(19)18(10-13)12(2)11-21-3/h12-13H,4-11H2,1-3H3/p+1/t12-,13+/m1/s1. The van der Waals surface area contributed by atoms with Crippen LogP contribution in [0.2, 0.25) is 0 Å². The molecule has 2 saturated heterocycles. The van der Waals surface area contributed by atoms with Crippen molar-refractivity contribution in [3.05, 3.63) is 0 Å². The summed E-state index contributed by atoms with van der Waals surface area (Å²) < 4.78 is 5.11. The lowest BCUT2D eigenvalue weighted by molar-refractivity contribution is -0.902. The van der Waals surface area contributed by atoms with Gasteiger partial charge in [-0.05, 0) is 13.8 Å². The van der Waals surface area contributed by atoms with E-state index in [9.17, 15) is 9.59 Å². The average Bonchev–Trinajstić information content (AvgIpc) is 2.89. The first-order valence-electron chi connectivity index (χ1n) is 7.97. The normalized spacial score (nSPS) is 25.5. The van der Waals surface area contributed by atoms with Crippen molar-refractivity contribution < 1.29 is 19.2 Å². The van der Waals surface area contributed by atoms with E-state index < -0.39 is 0 Å². The molecule has 0 aromatic rings. The summed E-state index contributed by atoms with van der Waals surface area (Å²) in [5.41, 5.74) is 0. The van der Waals surface area contributed by atoms with Gasteiger partial charge in [-0.3, -0.25) is 9.59 Å². The van der Waals surface area contributed by atoms with Crippen LogP contribution in [0.1, 0.15) is 20.3 Å². The number of carbonyl (C=O) groups is 2. The molecule has 21 heavy (non-hydrogen) atoms. The Morgan fingerprint density at radius 2 is 2.10 bits per heavy atom. The third-order valence-electron chi connectivity index (χ3n) is 4.73. The van der Waals surface area contributed by atoms with E-state index in [1.54, 1.807) is 16.9 Å². The zero-order valence-corrected chi connectivity index (χ0v) is 13.4. The van der Waals surface area contributed by atoms with Crippen molar-refractivity contribution in [1.29, 1.82) is 0 Å². The predicted octanol–water partition coefficient (Wildman–Crippen LogP) is -1.38. The number of nitrogens with zero attached hydrogens (tertiary/aromatic N) is 2. The van der Waals surface area contributed by atoms with Crippen LogP contribution in [-0.4, -0.2) is 80.6 Å². The topological polar surface area (TPSA) is 54.3 Å². The van der Waals surface area contributed by atoms with Gasteiger partial charge < -0.3 is 19.4 Å². The quantitative estimate of drug-likeness (QED) is 0.680. The average molecular weight is 298 g/mol. The molecule has 2 amide bonds. The third kappa shape index (κ3) is 3.74. The van der Waals surface area contributed by atoms with Crippen LogP contribution in [0.3, 0.4) is 0 Å². The van der Waals surface area contributed by atoms with Gasteiger partial charge in [-0.15, -0.1) is 0 Å². The number of likely N-dealkylation sites (N-methyl/N-ethyl adjacent to an activating group) is 1. The Balaban J connectivity index is 1.88. The molecule has 0 aliphatic carbocycles. The highest BCUT2D eigenvalue weighted by Crippen LogP contribution is 2.22. The number of carbonyl (C=O) groups excluding carboxylic acids is 2. The highest BCUT2D eigenvalue weighted by Gasteiger charge is 2.39. The second-order valence-electron chi connectivity index (χ2n) is 6.18. The van der Waals surface area contributed by atoms with Crippen molar-refractivity contribution in [1.82, 2.24) is 9.80 Å². The summed E-state index contributed by atoms with van der Waals surface area (Å²) in [4.78, 5) is 29.9. The fourth-order valence-corrected chi connectivity index (χ4v) is 3.31. The zero-order valence-electron chi connectivity index (χ0n) is 13.4. The van der Waals surface area contributed by atoms with Gasteiger partial charge in [-0.25, -0.2) is 0 Å². The van der Waals surface area contributed by atoms with Crippen molar-refractivity contribution >= 4 is 11.8 Å². The first kappa shape index (κ1) is 16.2. The maximum absolute atomic E-state index is 12.6. The summed E-state index contributed by atoms with van der Waals surface area (Å²) in [6.07, 6.45) is 0.355. The molecule has 1 N–H and O–H groups in total. The van der Waals surface area contributed by atoms with Crippen molar-refractivity contribution in [2.24, 2.45) is 5.92 Å². The second-order valence-corrected chi connectivity index (χ2v) is 6.18. The Hall–Kier alpha value is -1.14. The molecule has 0 bridgehead atoms. The van der Waals surface area contributed by atoms with Gasteiger partial charge >= 0.3 is 0 Å². The van der Waals surface area contributed by atoms with Crippen LogP contribution in [0.5, 0.6) is 0 Å². The van der Waals surface area contributed by atoms with Gasteiger partial charge in [-0.1, -0.05) is 0 Å². The lowest BCUT2D eigenvalue weighted by Crippen LogP contribution is -3.14. The Labute approximate surface area is 127 Å². The van der Waals surface area contributed by atoms with E-state index >= 15 is 0 Å². The number of likely N-dealkylation sites (tertiary alicyclic amines) is 1. The first-order chi connectivity index (χ1) is 10.1. The minimum Gasteiger partial charge on any atom is -0.383 e. The monoisotopic (exact) mass is 298 g/mol. The number of quaternary nitrogens is 1. The second kappa shape index (κ2) is 7.22. The molecular formula is C15H28N3O3+. The van der Waals surface area contributed by atoms with Crippen LogP contribution in [0.4, 0.5) is 0 Å². The van der Waals surface area contributed by atoms with E-state index in [-0.39, 0.29) is 23.8 Å². The maximum atomic E-state index is 12.6. The van der Waals surface area contributed by atoms with E-state index in [2.05, 4.69) is 6.92 Å². The molecule has 2 heterocycles. The van der Waals surface area contributed by atoms with Crippen molar-refractivity contribution in [2.75, 3.05) is 53.0 Å². The fraction of sp³-hybridized carbons (Fsp3) is 0.867. The molecule has 120 valence electrons. The Bertz CT molecular complexity index is 380. The van der Waals surface area contributed by atoms with E-state index in [1.807, 2.05) is 11.8 Å². The highest BCUT2D eigenvalue weighted by atomic mass is 16.5. The minimum atomic E-state index is -0.167. The Kier molecular flexibility index (Phi) is 5.58. The number of ether oxygens (including phenoxy) is 1. The molecule has 2 fully saturated rings. The highest BCUT2D eigenvalue weighted by molar-refractivity contribution is 5.89. The Morgan fingerprint density at radius 1 is 1.43 bits per heavy atom. The van der Waals surface area contributed by atoms with Crippen LogP contribution in [-0.2, 0) is 14.3 Å². The zero-order chi connectivity index (χ0) is 15.4. The SMILES string of the molecule is CC[NH+]1CCN(C(=O)[C@H]2CC(=O)N([C@H](C)COC)C2)CC1. The summed E-state index contributed by atoms with van der Waals surface area (Å²) >= 11 is 0. The minimum absolute atomic E-state index is 0.0432. The molecule has 0 aromatic carbocycles. The Morgan fingerprint density at radius 3 is 2.67 bits per heavy atom. The van der Waals surface area contributed by atoms with Crippen LogP contribution >= 0.6 is 0 Å². The predicted molar refractivity (Wildman–Crippen MR) is 79.0 cm³/mol. The third-order valence-corrected chi connectivity index (χ3v) is 4.73. The van der Waals surface area contributed by atoms with E-state index in [0.29, 0.717) is 19.6 Å². The number of amides is 2. The molecule has 6 nitrogen and oxygen atoms in total. The van der Waals surface area contributed by atoms with Crippen molar-refractivity contribution in [3.63, 3.8) is 0 Å². The molecule has 2 aliphatic rings. The fourth-order valence-electron chi connectivity index (χ4n) is 3.31. The molecule has 0 radical (unpaired) electrons. The lowest BCUT2D eigenvalue weighted by Gasteiger charge is -2.33. The first-order valence-corrected chi connectivity index (χ1v) is 7.97. The summed E-state index contributed by atoms with van der Waals surface area (Å²) in [7, 11) is 1.63. The molecule has 0 aromatic heterocycles. The molecule has 2 atom stereocenters. The maximum Gasteiger partial charge on any atom is 0.228 e. The van der Waals surface area contributed by atoms with E-state index in [1.165, 1.54) is 0 Å². The summed E-state index contributed by atoms with van der Waals surface area (Å²) in [6, 6.07) is 0.0432. The van der Waals surface area contributed by atoms with Crippen molar-refractivity contribution in [3.8, 4) is 0 Å². The number of nitrogens with one attached hydrogen (secondary N) is 1. The van der Waals surface area contributed by atoms with Crippen LogP contribution in [0, 0.1) is 5.92 Å². The van der Waals surface area contributed by atoms with Gasteiger partial charge in [0.15, 0.2) is 0 Å². The van der Waals surface area contributed by atoms with Gasteiger partial charge in [0.25, 0.3) is 0 Å². The van der Waals surface area contributed by atoms with Gasteiger partial charge in [0, 0.05) is 20.1 Å². The molecule has 6 heteroatoms. The van der Waals surface area contributed by atoms with Crippen LogP contribution in [0.15, 0.2) is 0 Å². The number of rotatable bonds is 5. The van der Waals surface area contributed by atoms with Crippen LogP contribution in [0.25, 0.3) is 0 Å². The molecular weight excluding hydrogens is 270 g/mol. The molecule has 0 spiro atoms. The summed E-state index contributed by atoms with van der Waals surface area (Å²) in [5.74, 6) is 0.0707. The lowest BCUT2D eigenvalue weighted by atomic mass is 10.1. The molecule has 2 rings (SSSR count). The van der Waals surface area contributed by atoms with Gasteiger partial charge in [0.1, 0.15) is 0 Å². The smallest absolute Gasteiger partial charge is 0.228 e. The molecule has 2 aliphatic heterocycles. The van der Waals surface area contributed by atoms with Gasteiger partial charge in [0.2, 0.25) is 11.8 Å². The number of hydrogen-bond donors (Lipinski definition) is 1.